The van der Waals surface area contributed by atoms with Crippen LogP contribution in [0.3, 0.4) is 0 Å². The average Bonchev–Trinajstić information content (AvgIpc) is 3.15. The minimum absolute atomic E-state index is 0.0185. The number of nitrogens with zero attached hydrogens (tertiary/aromatic N) is 3. The van der Waals surface area contributed by atoms with Crippen molar-refractivity contribution >= 4 is 23.4 Å². The van der Waals surface area contributed by atoms with Gasteiger partial charge in [-0.25, -0.2) is 9.67 Å². The van der Waals surface area contributed by atoms with E-state index in [1.807, 2.05) is 49.4 Å². The summed E-state index contributed by atoms with van der Waals surface area (Å²) >= 11 is 1.63. The molecule has 0 bridgehead atoms. The summed E-state index contributed by atoms with van der Waals surface area (Å²) in [5, 5.41) is 6.94. The van der Waals surface area contributed by atoms with Crippen molar-refractivity contribution < 1.29 is 4.79 Å². The molecule has 3 rings (SSSR count). The van der Waals surface area contributed by atoms with E-state index in [1.165, 1.54) is 11.9 Å². The van der Waals surface area contributed by atoms with E-state index in [9.17, 15) is 4.79 Å². The van der Waals surface area contributed by atoms with Crippen molar-refractivity contribution in [1.29, 1.82) is 0 Å². The number of benzene rings is 2. The SMILES string of the molecule is CC(SCc1ccccc1)C(=O)Nc1ccc(Cn2cncn2)cc1. The first-order valence-corrected chi connectivity index (χ1v) is 9.13. The zero-order chi connectivity index (χ0) is 17.5. The van der Waals surface area contributed by atoms with Crippen LogP contribution >= 0.6 is 11.8 Å². The van der Waals surface area contributed by atoms with Gasteiger partial charge in [-0.15, -0.1) is 11.8 Å². The predicted molar refractivity (Wildman–Crippen MR) is 101 cm³/mol. The predicted octanol–water partition coefficient (Wildman–Crippen LogP) is 3.59. The maximum atomic E-state index is 12.3. The van der Waals surface area contributed by atoms with Gasteiger partial charge >= 0.3 is 0 Å². The zero-order valence-electron chi connectivity index (χ0n) is 14.0. The lowest BCUT2D eigenvalue weighted by Crippen LogP contribution is -2.22. The van der Waals surface area contributed by atoms with Crippen LogP contribution in [0.4, 0.5) is 5.69 Å². The molecule has 1 unspecified atom stereocenters. The third-order valence-corrected chi connectivity index (χ3v) is 4.96. The Hall–Kier alpha value is -2.60. The van der Waals surface area contributed by atoms with Gasteiger partial charge in [-0.2, -0.15) is 5.10 Å². The maximum absolute atomic E-state index is 12.3. The number of amides is 1. The lowest BCUT2D eigenvalue weighted by molar-refractivity contribution is -0.115. The van der Waals surface area contributed by atoms with Gasteiger partial charge in [-0.1, -0.05) is 42.5 Å². The van der Waals surface area contributed by atoms with E-state index in [0.717, 1.165) is 17.0 Å². The Kier molecular flexibility index (Phi) is 5.85. The van der Waals surface area contributed by atoms with Gasteiger partial charge in [0.25, 0.3) is 0 Å². The molecule has 1 atom stereocenters. The molecule has 5 nitrogen and oxygen atoms in total. The van der Waals surface area contributed by atoms with Gasteiger partial charge in [0.1, 0.15) is 12.7 Å². The first-order valence-electron chi connectivity index (χ1n) is 8.08. The minimum atomic E-state index is -0.116. The van der Waals surface area contributed by atoms with Crippen molar-refractivity contribution in [2.75, 3.05) is 5.32 Å². The number of hydrogen-bond donors (Lipinski definition) is 1. The topological polar surface area (TPSA) is 59.8 Å². The number of thioether (sulfide) groups is 1. The summed E-state index contributed by atoms with van der Waals surface area (Å²) in [4.78, 5) is 16.2. The van der Waals surface area contributed by atoms with E-state index in [4.69, 9.17) is 0 Å². The number of hydrogen-bond acceptors (Lipinski definition) is 4. The molecule has 3 aromatic rings. The van der Waals surface area contributed by atoms with Gasteiger partial charge in [-0.05, 0) is 30.2 Å². The molecule has 6 heteroatoms. The second-order valence-corrected chi connectivity index (χ2v) is 7.05. The quantitative estimate of drug-likeness (QED) is 0.706. The fraction of sp³-hybridized carbons (Fsp3) is 0.211. The molecule has 0 saturated heterocycles. The molecule has 1 N–H and O–H groups in total. The van der Waals surface area contributed by atoms with E-state index in [0.29, 0.717) is 6.54 Å². The lowest BCUT2D eigenvalue weighted by atomic mass is 10.2. The highest BCUT2D eigenvalue weighted by atomic mass is 32.2. The van der Waals surface area contributed by atoms with E-state index in [1.54, 1.807) is 22.8 Å². The van der Waals surface area contributed by atoms with Crippen LogP contribution in [-0.4, -0.2) is 25.9 Å². The molecular formula is C19H20N4OS. The molecule has 128 valence electrons. The fourth-order valence-corrected chi connectivity index (χ4v) is 3.16. The maximum Gasteiger partial charge on any atom is 0.237 e. The Morgan fingerprint density at radius 3 is 2.56 bits per heavy atom. The molecule has 1 heterocycles. The van der Waals surface area contributed by atoms with E-state index >= 15 is 0 Å². The highest BCUT2D eigenvalue weighted by molar-refractivity contribution is 7.99. The summed E-state index contributed by atoms with van der Waals surface area (Å²) in [6.45, 7) is 2.60. The Morgan fingerprint density at radius 2 is 1.88 bits per heavy atom. The van der Waals surface area contributed by atoms with Crippen molar-refractivity contribution in [2.45, 2.75) is 24.5 Å². The second-order valence-electron chi connectivity index (χ2n) is 5.72. The third kappa shape index (κ3) is 5.19. The largest absolute Gasteiger partial charge is 0.325 e. The summed E-state index contributed by atoms with van der Waals surface area (Å²) in [6.07, 6.45) is 3.20. The molecular weight excluding hydrogens is 332 g/mol. The Balaban J connectivity index is 1.50. The minimum Gasteiger partial charge on any atom is -0.325 e. The molecule has 0 aliphatic rings. The van der Waals surface area contributed by atoms with Gasteiger partial charge in [0, 0.05) is 11.4 Å². The first kappa shape index (κ1) is 17.2. The number of aromatic nitrogens is 3. The summed E-state index contributed by atoms with van der Waals surface area (Å²) < 4.78 is 1.76. The molecule has 1 amide bonds. The lowest BCUT2D eigenvalue weighted by Gasteiger charge is -2.12. The molecule has 0 saturated carbocycles. The number of carbonyl (C=O) groups is 1. The molecule has 25 heavy (non-hydrogen) atoms. The van der Waals surface area contributed by atoms with Crippen molar-refractivity contribution in [3.8, 4) is 0 Å². The van der Waals surface area contributed by atoms with E-state index in [-0.39, 0.29) is 11.2 Å². The molecule has 2 aromatic carbocycles. The average molecular weight is 352 g/mol. The van der Waals surface area contributed by atoms with E-state index in [2.05, 4.69) is 27.5 Å². The van der Waals surface area contributed by atoms with Crippen molar-refractivity contribution in [2.24, 2.45) is 0 Å². The molecule has 0 fully saturated rings. The molecule has 0 aliphatic carbocycles. The molecule has 0 radical (unpaired) electrons. The van der Waals surface area contributed by atoms with Crippen LogP contribution < -0.4 is 5.32 Å². The Morgan fingerprint density at radius 1 is 1.12 bits per heavy atom. The van der Waals surface area contributed by atoms with Gasteiger partial charge in [-0.3, -0.25) is 4.79 Å². The molecule has 1 aromatic heterocycles. The van der Waals surface area contributed by atoms with Crippen LogP contribution in [0.2, 0.25) is 0 Å². The Bertz CT molecular complexity index is 788. The summed E-state index contributed by atoms with van der Waals surface area (Å²) in [7, 11) is 0. The highest BCUT2D eigenvalue weighted by Gasteiger charge is 2.13. The molecule has 0 aliphatic heterocycles. The van der Waals surface area contributed by atoms with Crippen molar-refractivity contribution in [3.63, 3.8) is 0 Å². The van der Waals surface area contributed by atoms with E-state index < -0.39 is 0 Å². The molecule has 0 spiro atoms. The van der Waals surface area contributed by atoms with Gasteiger partial charge < -0.3 is 5.32 Å². The Labute approximate surface area is 151 Å². The number of rotatable bonds is 7. The van der Waals surface area contributed by atoms with Crippen LogP contribution in [-0.2, 0) is 17.1 Å². The summed E-state index contributed by atoms with van der Waals surface area (Å²) in [5.74, 6) is 0.844. The van der Waals surface area contributed by atoms with Crippen LogP contribution in [0.15, 0.2) is 67.3 Å². The number of carbonyl (C=O) groups excluding carboxylic acids is 1. The standard InChI is InChI=1S/C19H20N4OS/c1-15(25-12-17-5-3-2-4-6-17)19(24)22-18-9-7-16(8-10-18)11-23-14-20-13-21-23/h2-10,13-15H,11-12H2,1H3,(H,22,24). The fourth-order valence-electron chi connectivity index (χ4n) is 2.31. The monoisotopic (exact) mass is 352 g/mol. The summed E-state index contributed by atoms with van der Waals surface area (Å²) in [5.41, 5.74) is 3.14. The van der Waals surface area contributed by atoms with Crippen LogP contribution in [0.25, 0.3) is 0 Å². The van der Waals surface area contributed by atoms with Crippen LogP contribution in [0, 0.1) is 0 Å². The normalized spacial score (nSPS) is 11.9. The van der Waals surface area contributed by atoms with Gasteiger partial charge in [0.2, 0.25) is 5.91 Å². The highest BCUT2D eigenvalue weighted by Crippen LogP contribution is 2.19. The third-order valence-electron chi connectivity index (χ3n) is 3.74. The van der Waals surface area contributed by atoms with Crippen LogP contribution in [0.1, 0.15) is 18.1 Å². The second kappa shape index (κ2) is 8.48. The summed E-state index contributed by atoms with van der Waals surface area (Å²) in [6, 6.07) is 18.0. The van der Waals surface area contributed by atoms with Gasteiger partial charge in [0.15, 0.2) is 0 Å². The van der Waals surface area contributed by atoms with Crippen molar-refractivity contribution in [3.05, 3.63) is 78.4 Å². The van der Waals surface area contributed by atoms with Gasteiger partial charge in [0.05, 0.1) is 11.8 Å². The smallest absolute Gasteiger partial charge is 0.237 e. The van der Waals surface area contributed by atoms with Crippen molar-refractivity contribution in [1.82, 2.24) is 14.8 Å². The number of anilines is 1. The number of nitrogens with one attached hydrogen (secondary N) is 1. The zero-order valence-corrected chi connectivity index (χ0v) is 14.8. The first-order chi connectivity index (χ1) is 12.2. The van der Waals surface area contributed by atoms with Crippen LogP contribution in [0.5, 0.6) is 0 Å².